The summed E-state index contributed by atoms with van der Waals surface area (Å²) in [6.07, 6.45) is 1.61. The average molecular weight is 371 g/mol. The Morgan fingerprint density at radius 1 is 1.00 bits per heavy atom. The van der Waals surface area contributed by atoms with Crippen LogP contribution >= 0.6 is 11.8 Å². The van der Waals surface area contributed by atoms with E-state index in [1.54, 1.807) is 35.3 Å². The van der Waals surface area contributed by atoms with Gasteiger partial charge < -0.3 is 0 Å². The van der Waals surface area contributed by atoms with Gasteiger partial charge in [0.2, 0.25) is 5.16 Å². The molecule has 4 rings (SSSR count). The number of rotatable bonds is 5. The number of halogens is 2. The highest BCUT2D eigenvalue weighted by Crippen LogP contribution is 2.36. The molecule has 2 heterocycles. The molecule has 8 heteroatoms. The van der Waals surface area contributed by atoms with Crippen molar-refractivity contribution in [2.24, 2.45) is 0 Å². The first-order chi connectivity index (χ1) is 12.6. The Morgan fingerprint density at radius 3 is 2.50 bits per heavy atom. The van der Waals surface area contributed by atoms with Crippen molar-refractivity contribution in [2.75, 3.05) is 0 Å². The molecule has 4 aromatic rings. The van der Waals surface area contributed by atoms with E-state index in [9.17, 15) is 8.78 Å². The van der Waals surface area contributed by atoms with Gasteiger partial charge in [0.15, 0.2) is 0 Å². The Balaban J connectivity index is 1.63. The number of nitrogens with zero attached hydrogens (tertiary/aromatic N) is 5. The lowest BCUT2D eigenvalue weighted by atomic mass is 10.3. The molecule has 132 valence electrons. The van der Waals surface area contributed by atoms with E-state index >= 15 is 0 Å². The Morgan fingerprint density at radius 2 is 1.73 bits per heavy atom. The monoisotopic (exact) mass is 371 g/mol. The number of benzene rings is 2. The summed E-state index contributed by atoms with van der Waals surface area (Å²) < 4.78 is 29.8. The average Bonchev–Trinajstić information content (AvgIpc) is 3.27. The molecule has 0 saturated carbocycles. The van der Waals surface area contributed by atoms with Crippen molar-refractivity contribution in [2.45, 2.75) is 23.9 Å². The lowest BCUT2D eigenvalue weighted by Gasteiger charge is -2.12. The van der Waals surface area contributed by atoms with Crippen LogP contribution in [0.15, 0.2) is 66.1 Å². The van der Waals surface area contributed by atoms with Crippen LogP contribution in [0.1, 0.15) is 24.5 Å². The zero-order chi connectivity index (χ0) is 18.1. The number of fused-ring (bicyclic) bond motifs is 1. The molecule has 0 radical (unpaired) electrons. The Bertz CT molecular complexity index is 1030. The molecule has 2 aromatic carbocycles. The van der Waals surface area contributed by atoms with Crippen LogP contribution in [-0.2, 0) is 0 Å². The van der Waals surface area contributed by atoms with Crippen LogP contribution in [0.2, 0.25) is 0 Å². The van der Waals surface area contributed by atoms with Gasteiger partial charge in [-0.05, 0) is 31.2 Å². The molecule has 0 aliphatic heterocycles. The van der Waals surface area contributed by atoms with E-state index in [0.29, 0.717) is 22.0 Å². The van der Waals surface area contributed by atoms with E-state index in [4.69, 9.17) is 0 Å². The number of hydrogen-bond donors (Lipinski definition) is 0. The zero-order valence-corrected chi connectivity index (χ0v) is 14.6. The number of aromatic nitrogens is 5. The van der Waals surface area contributed by atoms with Gasteiger partial charge in [-0.25, -0.2) is 14.6 Å². The maximum absolute atomic E-state index is 13.6. The van der Waals surface area contributed by atoms with Gasteiger partial charge in [-0.15, -0.1) is 5.10 Å². The lowest BCUT2D eigenvalue weighted by molar-refractivity contribution is 0.0715. The van der Waals surface area contributed by atoms with Crippen LogP contribution in [0, 0.1) is 0 Å². The highest BCUT2D eigenvalue weighted by atomic mass is 32.2. The molecule has 0 spiro atoms. The van der Waals surface area contributed by atoms with Crippen molar-refractivity contribution in [1.82, 2.24) is 24.3 Å². The fraction of sp³-hybridized carbons (Fsp3) is 0.167. The molecule has 0 bridgehead atoms. The first kappa shape index (κ1) is 16.7. The topological polar surface area (TPSA) is 48.5 Å². The molecule has 5 nitrogen and oxygen atoms in total. The minimum absolute atomic E-state index is 0.308. The second-order valence-electron chi connectivity index (χ2n) is 5.67. The molecule has 0 fully saturated rings. The van der Waals surface area contributed by atoms with E-state index in [1.165, 1.54) is 11.8 Å². The molecule has 0 aliphatic rings. The van der Waals surface area contributed by atoms with Crippen molar-refractivity contribution in [3.63, 3.8) is 0 Å². The molecule has 0 amide bonds. The predicted molar refractivity (Wildman–Crippen MR) is 96.6 cm³/mol. The lowest BCUT2D eigenvalue weighted by Crippen LogP contribution is -2.06. The standard InChI is InChI=1S/C18H15F2N5S/c1-12(16-22-14-9-5-6-10-15(14)25(16)17(19)20)26-18-21-11-24(23-18)13-7-3-2-4-8-13/h2-12,17H,1H3/t12-/m1/s1. The minimum Gasteiger partial charge on any atom is -0.269 e. The van der Waals surface area contributed by atoms with Crippen LogP contribution in [-0.4, -0.2) is 24.3 Å². The summed E-state index contributed by atoms with van der Waals surface area (Å²) >= 11 is 1.30. The van der Waals surface area contributed by atoms with Crippen LogP contribution < -0.4 is 0 Å². The van der Waals surface area contributed by atoms with E-state index in [0.717, 1.165) is 10.3 Å². The third kappa shape index (κ3) is 3.08. The molecule has 0 aliphatic carbocycles. The zero-order valence-electron chi connectivity index (χ0n) is 13.8. The Kier molecular flexibility index (Phi) is 4.42. The third-order valence-corrected chi connectivity index (χ3v) is 4.92. The fourth-order valence-electron chi connectivity index (χ4n) is 2.77. The van der Waals surface area contributed by atoms with Crippen molar-refractivity contribution in [3.05, 3.63) is 66.7 Å². The van der Waals surface area contributed by atoms with Crippen molar-refractivity contribution in [1.29, 1.82) is 0 Å². The van der Waals surface area contributed by atoms with Gasteiger partial charge in [0.05, 0.1) is 22.0 Å². The molecule has 0 unspecified atom stereocenters. The molecule has 26 heavy (non-hydrogen) atoms. The van der Waals surface area contributed by atoms with E-state index in [2.05, 4.69) is 15.1 Å². The molecular weight excluding hydrogens is 356 g/mol. The van der Waals surface area contributed by atoms with Gasteiger partial charge in [0.1, 0.15) is 12.2 Å². The Labute approximate surface area is 152 Å². The van der Waals surface area contributed by atoms with E-state index in [1.807, 2.05) is 37.3 Å². The molecule has 2 aromatic heterocycles. The number of thioether (sulfide) groups is 1. The van der Waals surface area contributed by atoms with Crippen LogP contribution in [0.3, 0.4) is 0 Å². The quantitative estimate of drug-likeness (QED) is 0.470. The second-order valence-corrected chi connectivity index (χ2v) is 6.98. The van der Waals surface area contributed by atoms with Gasteiger partial charge in [-0.3, -0.25) is 4.57 Å². The highest BCUT2D eigenvalue weighted by molar-refractivity contribution is 7.99. The van der Waals surface area contributed by atoms with Gasteiger partial charge in [0, 0.05) is 0 Å². The van der Waals surface area contributed by atoms with Crippen molar-refractivity contribution in [3.8, 4) is 5.69 Å². The number of alkyl halides is 2. The minimum atomic E-state index is -2.66. The number of imidazole rings is 1. The number of hydrogen-bond acceptors (Lipinski definition) is 4. The Hall–Kier alpha value is -2.74. The predicted octanol–water partition coefficient (Wildman–Crippen LogP) is 4.87. The van der Waals surface area contributed by atoms with Gasteiger partial charge >= 0.3 is 6.55 Å². The summed E-state index contributed by atoms with van der Waals surface area (Å²) in [5.74, 6) is 0.308. The van der Waals surface area contributed by atoms with E-state index < -0.39 is 6.55 Å². The van der Waals surface area contributed by atoms with Crippen molar-refractivity contribution < 1.29 is 8.78 Å². The first-order valence-electron chi connectivity index (χ1n) is 8.02. The van der Waals surface area contributed by atoms with Crippen molar-refractivity contribution >= 4 is 22.8 Å². The molecule has 0 N–H and O–H groups in total. The summed E-state index contributed by atoms with van der Waals surface area (Å²) in [4.78, 5) is 8.67. The van der Waals surface area contributed by atoms with Crippen LogP contribution in [0.4, 0.5) is 8.78 Å². The number of para-hydroxylation sites is 3. The van der Waals surface area contributed by atoms with Crippen LogP contribution in [0.25, 0.3) is 16.7 Å². The largest absolute Gasteiger partial charge is 0.320 e. The molecule has 0 saturated heterocycles. The summed E-state index contributed by atoms with van der Waals surface area (Å²) in [5.41, 5.74) is 1.87. The summed E-state index contributed by atoms with van der Waals surface area (Å²) in [5, 5.41) is 4.60. The first-order valence-corrected chi connectivity index (χ1v) is 8.90. The van der Waals surface area contributed by atoms with Crippen LogP contribution in [0.5, 0.6) is 0 Å². The normalized spacial score (nSPS) is 12.8. The second kappa shape index (κ2) is 6.87. The summed E-state index contributed by atoms with van der Waals surface area (Å²) in [7, 11) is 0. The summed E-state index contributed by atoms with van der Waals surface area (Å²) in [6, 6.07) is 16.5. The highest BCUT2D eigenvalue weighted by Gasteiger charge is 2.23. The summed E-state index contributed by atoms with van der Waals surface area (Å²) in [6.45, 7) is -0.830. The molecule has 1 atom stereocenters. The van der Waals surface area contributed by atoms with E-state index in [-0.39, 0.29) is 5.25 Å². The van der Waals surface area contributed by atoms with Gasteiger partial charge in [0.25, 0.3) is 0 Å². The van der Waals surface area contributed by atoms with Gasteiger partial charge in [-0.2, -0.15) is 8.78 Å². The smallest absolute Gasteiger partial charge is 0.269 e. The fourth-order valence-corrected chi connectivity index (χ4v) is 3.60. The molecular formula is C18H15F2N5S. The maximum Gasteiger partial charge on any atom is 0.320 e. The third-order valence-electron chi connectivity index (χ3n) is 3.96. The van der Waals surface area contributed by atoms with Gasteiger partial charge in [-0.1, -0.05) is 42.1 Å². The maximum atomic E-state index is 13.6. The SMILES string of the molecule is C[C@@H](Sc1ncn(-c2ccccc2)n1)c1nc2ccccc2n1C(F)F.